The number of hydrogen-bond acceptors (Lipinski definition) is 4. The van der Waals surface area contributed by atoms with Crippen molar-refractivity contribution in [3.8, 4) is 0 Å². The number of carbonyl (C=O) groups excluding carboxylic acids is 2. The van der Waals surface area contributed by atoms with Gasteiger partial charge in [-0.2, -0.15) is 0 Å². The van der Waals surface area contributed by atoms with Crippen molar-refractivity contribution < 1.29 is 19.5 Å². The molecule has 0 saturated heterocycles. The molecule has 0 aromatic heterocycles. The zero-order valence-corrected chi connectivity index (χ0v) is 11.4. The number of carboxylic acids is 1. The van der Waals surface area contributed by atoms with E-state index in [4.69, 9.17) is 16.6 Å². The highest BCUT2D eigenvalue weighted by molar-refractivity contribution is 6.42. The van der Waals surface area contributed by atoms with Crippen molar-refractivity contribution in [1.82, 2.24) is 0 Å². The average molecular weight is 280 g/mol. The fraction of sp³-hybridized carbons (Fsp3) is 0.357. The van der Waals surface area contributed by atoms with E-state index in [1.807, 2.05) is 6.92 Å². The number of unbranched alkanes of at least 4 members (excludes halogenated alkanes) is 1. The van der Waals surface area contributed by atoms with Crippen LogP contribution >= 0.6 is 0 Å². The minimum absolute atomic E-state index is 0.333. The van der Waals surface area contributed by atoms with Gasteiger partial charge in [0.25, 0.3) is 5.91 Å². The first-order chi connectivity index (χ1) is 9.40. The quantitative estimate of drug-likeness (QED) is 0.528. The molecule has 5 N–H and O–H groups in total. The molecule has 0 saturated carbocycles. The summed E-state index contributed by atoms with van der Waals surface area (Å²) in [6.07, 6.45) is 2.49. The molecule has 1 rings (SSSR count). The standard InChI is InChI=1S/C8H7NO2.C6H13NO2/c9-8(11)7(10)6-4-2-1-3-5-6;1-2-3-4-5(7)6(8)9/h1-5H,(H2,9,11);5H,2-4,7H2,1H3,(H,8,9)/t;5-/m.0/s1. The van der Waals surface area contributed by atoms with Crippen LogP contribution in [0, 0.1) is 0 Å². The molecular weight excluding hydrogens is 260 g/mol. The highest BCUT2D eigenvalue weighted by Crippen LogP contribution is 1.98. The predicted molar refractivity (Wildman–Crippen MR) is 75.1 cm³/mol. The number of primary amides is 1. The van der Waals surface area contributed by atoms with Gasteiger partial charge in [0, 0.05) is 5.56 Å². The third-order valence-corrected chi connectivity index (χ3v) is 2.45. The van der Waals surface area contributed by atoms with Gasteiger partial charge in [-0.25, -0.2) is 0 Å². The number of ketones is 1. The fourth-order valence-corrected chi connectivity index (χ4v) is 1.28. The Balaban J connectivity index is 0.000000370. The normalized spacial score (nSPS) is 10.9. The SMILES string of the molecule is CCCC[C@H](N)C(=O)O.NC(=O)C(=O)c1ccccc1. The summed E-state index contributed by atoms with van der Waals surface area (Å²) in [5.41, 5.74) is 10.3. The smallest absolute Gasteiger partial charge is 0.320 e. The first kappa shape index (κ1) is 17.8. The van der Waals surface area contributed by atoms with Crippen LogP contribution in [0.4, 0.5) is 0 Å². The summed E-state index contributed by atoms with van der Waals surface area (Å²) in [6.45, 7) is 2.01. The van der Waals surface area contributed by atoms with Crippen LogP contribution in [-0.2, 0) is 9.59 Å². The van der Waals surface area contributed by atoms with Gasteiger partial charge in [-0.05, 0) is 6.42 Å². The molecule has 0 unspecified atom stereocenters. The van der Waals surface area contributed by atoms with Crippen molar-refractivity contribution in [3.05, 3.63) is 35.9 Å². The van der Waals surface area contributed by atoms with E-state index in [1.54, 1.807) is 30.3 Å². The minimum atomic E-state index is -0.920. The first-order valence-electron chi connectivity index (χ1n) is 6.27. The van der Waals surface area contributed by atoms with Crippen molar-refractivity contribution in [1.29, 1.82) is 0 Å². The van der Waals surface area contributed by atoms with Crippen LogP contribution in [0.25, 0.3) is 0 Å². The molecule has 0 spiro atoms. The summed E-state index contributed by atoms with van der Waals surface area (Å²) in [5, 5.41) is 8.28. The molecule has 6 heteroatoms. The van der Waals surface area contributed by atoms with E-state index in [0.29, 0.717) is 12.0 Å². The molecule has 110 valence electrons. The van der Waals surface area contributed by atoms with Crippen molar-refractivity contribution >= 4 is 17.7 Å². The van der Waals surface area contributed by atoms with Gasteiger partial charge in [0.05, 0.1) is 0 Å². The van der Waals surface area contributed by atoms with E-state index in [0.717, 1.165) is 12.8 Å². The number of benzene rings is 1. The molecule has 1 atom stereocenters. The summed E-state index contributed by atoms with van der Waals surface area (Å²) in [5.74, 6) is -2.47. The van der Waals surface area contributed by atoms with Crippen LogP contribution in [0.3, 0.4) is 0 Å². The largest absolute Gasteiger partial charge is 0.480 e. The van der Waals surface area contributed by atoms with Crippen LogP contribution < -0.4 is 11.5 Å². The Morgan fingerprint density at radius 1 is 1.20 bits per heavy atom. The van der Waals surface area contributed by atoms with Crippen molar-refractivity contribution in [3.63, 3.8) is 0 Å². The molecule has 0 aliphatic carbocycles. The van der Waals surface area contributed by atoms with Crippen LogP contribution in [0.15, 0.2) is 30.3 Å². The van der Waals surface area contributed by atoms with Crippen LogP contribution in [0.5, 0.6) is 0 Å². The molecule has 1 aromatic rings. The molecule has 0 bridgehead atoms. The summed E-state index contributed by atoms with van der Waals surface area (Å²) in [4.78, 5) is 31.3. The van der Waals surface area contributed by atoms with Gasteiger partial charge >= 0.3 is 5.97 Å². The van der Waals surface area contributed by atoms with E-state index < -0.39 is 23.7 Å². The molecule has 6 nitrogen and oxygen atoms in total. The maximum absolute atomic E-state index is 10.9. The third kappa shape index (κ3) is 7.27. The van der Waals surface area contributed by atoms with Crippen molar-refractivity contribution in [2.24, 2.45) is 11.5 Å². The van der Waals surface area contributed by atoms with E-state index >= 15 is 0 Å². The van der Waals surface area contributed by atoms with E-state index in [9.17, 15) is 14.4 Å². The second-order valence-electron chi connectivity index (χ2n) is 4.15. The van der Waals surface area contributed by atoms with Gasteiger partial charge in [-0.3, -0.25) is 14.4 Å². The Hall–Kier alpha value is -2.21. The van der Waals surface area contributed by atoms with E-state index in [-0.39, 0.29) is 0 Å². The zero-order chi connectivity index (χ0) is 15.5. The fourth-order valence-electron chi connectivity index (χ4n) is 1.28. The molecular formula is C14H20N2O4. The summed E-state index contributed by atoms with van der Waals surface area (Å²) < 4.78 is 0. The van der Waals surface area contributed by atoms with Crippen molar-refractivity contribution in [2.75, 3.05) is 0 Å². The second kappa shape index (κ2) is 9.69. The summed E-state index contributed by atoms with van der Waals surface area (Å²) >= 11 is 0. The Bertz CT molecular complexity index is 446. The predicted octanol–water partition coefficient (Wildman–Crippen LogP) is 0.943. The van der Waals surface area contributed by atoms with Gasteiger partial charge in [0.15, 0.2) is 0 Å². The topological polar surface area (TPSA) is 123 Å². The molecule has 0 aliphatic rings. The maximum atomic E-state index is 10.9. The van der Waals surface area contributed by atoms with E-state index in [1.165, 1.54) is 0 Å². The number of hydrogen-bond donors (Lipinski definition) is 3. The Morgan fingerprint density at radius 2 is 1.75 bits per heavy atom. The van der Waals surface area contributed by atoms with Crippen LogP contribution in [0.1, 0.15) is 36.5 Å². The van der Waals surface area contributed by atoms with Gasteiger partial charge in [0.2, 0.25) is 5.78 Å². The Morgan fingerprint density at radius 3 is 2.15 bits per heavy atom. The molecule has 0 aliphatic heterocycles. The molecule has 0 fully saturated rings. The highest BCUT2D eigenvalue weighted by atomic mass is 16.4. The maximum Gasteiger partial charge on any atom is 0.320 e. The van der Waals surface area contributed by atoms with Gasteiger partial charge in [0.1, 0.15) is 6.04 Å². The van der Waals surface area contributed by atoms with Crippen molar-refractivity contribution in [2.45, 2.75) is 32.2 Å². The zero-order valence-electron chi connectivity index (χ0n) is 11.4. The lowest BCUT2D eigenvalue weighted by molar-refractivity contribution is -0.138. The van der Waals surface area contributed by atoms with Gasteiger partial charge in [-0.15, -0.1) is 0 Å². The summed E-state index contributed by atoms with van der Waals surface area (Å²) in [7, 11) is 0. The molecule has 20 heavy (non-hydrogen) atoms. The third-order valence-electron chi connectivity index (χ3n) is 2.45. The molecule has 1 aromatic carbocycles. The van der Waals surface area contributed by atoms with Gasteiger partial charge < -0.3 is 16.6 Å². The minimum Gasteiger partial charge on any atom is -0.480 e. The number of Topliss-reactive ketones (excluding diaryl/α,β-unsaturated/α-hetero) is 1. The Kier molecular flexibility index (Phi) is 8.61. The van der Waals surface area contributed by atoms with E-state index in [2.05, 4.69) is 0 Å². The van der Waals surface area contributed by atoms with Gasteiger partial charge in [-0.1, -0.05) is 50.1 Å². The number of carboxylic acid groups (broad SMARTS) is 1. The number of amides is 1. The summed E-state index contributed by atoms with van der Waals surface area (Å²) in [6, 6.07) is 7.55. The first-order valence-corrected chi connectivity index (χ1v) is 6.27. The van der Waals surface area contributed by atoms with Crippen LogP contribution in [-0.4, -0.2) is 28.8 Å². The lowest BCUT2D eigenvalue weighted by atomic mass is 10.1. The average Bonchev–Trinajstić information content (AvgIpc) is 2.45. The number of aliphatic carboxylic acids is 1. The van der Waals surface area contributed by atoms with Crippen LogP contribution in [0.2, 0.25) is 0 Å². The molecule has 0 radical (unpaired) electrons. The highest BCUT2D eigenvalue weighted by Gasteiger charge is 2.10. The number of nitrogens with two attached hydrogens (primary N) is 2. The lowest BCUT2D eigenvalue weighted by Gasteiger charge is -2.02. The number of rotatable bonds is 6. The molecule has 0 heterocycles. The molecule has 1 amide bonds. The monoisotopic (exact) mass is 280 g/mol. The Labute approximate surface area is 117 Å². The lowest BCUT2D eigenvalue weighted by Crippen LogP contribution is -2.29. The second-order valence-corrected chi connectivity index (χ2v) is 4.15. The number of carbonyl (C=O) groups is 3.